The Morgan fingerprint density at radius 1 is 1.32 bits per heavy atom. The molecule has 1 aliphatic rings. The molecule has 3 heteroatoms. The molecule has 3 rings (SSSR count). The van der Waals surface area contributed by atoms with E-state index in [0.29, 0.717) is 5.92 Å². The van der Waals surface area contributed by atoms with Crippen molar-refractivity contribution >= 4 is 10.9 Å². The fourth-order valence-electron chi connectivity index (χ4n) is 3.17. The summed E-state index contributed by atoms with van der Waals surface area (Å²) in [6.07, 6.45) is 7.43. The molecular formula is C16H21NO2. The lowest BCUT2D eigenvalue weighted by Crippen LogP contribution is -2.26. The van der Waals surface area contributed by atoms with E-state index in [2.05, 4.69) is 17.2 Å². The average Bonchev–Trinajstić information content (AvgIpc) is 2.83. The Kier molecular flexibility index (Phi) is 3.47. The molecule has 2 unspecified atom stereocenters. The third kappa shape index (κ3) is 2.47. The Morgan fingerprint density at radius 2 is 2.16 bits per heavy atom. The van der Waals surface area contributed by atoms with Crippen LogP contribution in [0, 0.1) is 5.92 Å². The largest absolute Gasteiger partial charge is 0.497 e. The van der Waals surface area contributed by atoms with Crippen LogP contribution in [-0.2, 0) is 6.42 Å². The highest BCUT2D eigenvalue weighted by atomic mass is 16.5. The molecule has 1 aromatic carbocycles. The molecule has 3 nitrogen and oxygen atoms in total. The summed E-state index contributed by atoms with van der Waals surface area (Å²) in [6.45, 7) is 0. The van der Waals surface area contributed by atoms with E-state index in [1.807, 2.05) is 12.1 Å². The summed E-state index contributed by atoms with van der Waals surface area (Å²) in [6, 6.07) is 6.13. The Balaban J connectivity index is 1.84. The summed E-state index contributed by atoms with van der Waals surface area (Å²) < 4.78 is 5.24. The quantitative estimate of drug-likeness (QED) is 0.888. The first-order valence-electron chi connectivity index (χ1n) is 7.10. The summed E-state index contributed by atoms with van der Waals surface area (Å²) in [5, 5.41) is 11.3. The number of rotatable bonds is 3. The molecule has 0 saturated heterocycles. The monoisotopic (exact) mass is 259 g/mol. The molecule has 1 saturated carbocycles. The van der Waals surface area contributed by atoms with Gasteiger partial charge in [-0.2, -0.15) is 0 Å². The molecule has 1 aromatic heterocycles. The molecule has 2 atom stereocenters. The van der Waals surface area contributed by atoms with E-state index in [0.717, 1.165) is 30.5 Å². The number of aromatic nitrogens is 1. The molecular weight excluding hydrogens is 238 g/mol. The van der Waals surface area contributed by atoms with Gasteiger partial charge in [-0.15, -0.1) is 0 Å². The predicted octanol–water partition coefficient (Wildman–Crippen LogP) is 3.27. The highest BCUT2D eigenvalue weighted by Gasteiger charge is 2.24. The number of aliphatic hydroxyl groups is 1. The number of nitrogens with one attached hydrogen (secondary N) is 1. The highest BCUT2D eigenvalue weighted by Crippen LogP contribution is 2.31. The lowest BCUT2D eigenvalue weighted by atomic mass is 9.82. The lowest BCUT2D eigenvalue weighted by molar-refractivity contribution is 0.0702. The molecule has 0 aliphatic heterocycles. The molecule has 0 bridgehead atoms. The van der Waals surface area contributed by atoms with Crippen LogP contribution < -0.4 is 4.74 Å². The van der Waals surface area contributed by atoms with Crippen LogP contribution in [0.15, 0.2) is 24.4 Å². The third-order valence-electron chi connectivity index (χ3n) is 4.33. The molecule has 2 N–H and O–H groups in total. The van der Waals surface area contributed by atoms with Crippen molar-refractivity contribution in [3.63, 3.8) is 0 Å². The standard InChI is InChI=1S/C16H21NO2/c1-19-13-6-7-14-12(10-17-15(14)9-13)8-11-4-2-3-5-16(11)18/h6-7,9-11,16-18H,2-5,8H2,1H3. The molecule has 19 heavy (non-hydrogen) atoms. The second-order valence-corrected chi connectivity index (χ2v) is 5.54. The summed E-state index contributed by atoms with van der Waals surface area (Å²) in [5.74, 6) is 1.29. The van der Waals surface area contributed by atoms with E-state index in [1.165, 1.54) is 23.8 Å². The van der Waals surface area contributed by atoms with Crippen LogP contribution in [0.5, 0.6) is 5.75 Å². The minimum Gasteiger partial charge on any atom is -0.497 e. The van der Waals surface area contributed by atoms with Crippen LogP contribution >= 0.6 is 0 Å². The molecule has 1 fully saturated rings. The summed E-state index contributed by atoms with van der Waals surface area (Å²) >= 11 is 0. The Morgan fingerprint density at radius 3 is 2.95 bits per heavy atom. The van der Waals surface area contributed by atoms with E-state index in [1.54, 1.807) is 7.11 Å². The van der Waals surface area contributed by atoms with Crippen molar-refractivity contribution in [2.24, 2.45) is 5.92 Å². The Hall–Kier alpha value is -1.48. The van der Waals surface area contributed by atoms with E-state index >= 15 is 0 Å². The van der Waals surface area contributed by atoms with Crippen molar-refractivity contribution < 1.29 is 9.84 Å². The molecule has 0 radical (unpaired) electrons. The van der Waals surface area contributed by atoms with Crippen LogP contribution in [-0.4, -0.2) is 23.3 Å². The molecule has 0 amide bonds. The van der Waals surface area contributed by atoms with Gasteiger partial charge in [0.2, 0.25) is 0 Å². The van der Waals surface area contributed by atoms with Crippen LogP contribution in [0.2, 0.25) is 0 Å². The van der Waals surface area contributed by atoms with Gasteiger partial charge in [0.25, 0.3) is 0 Å². The van der Waals surface area contributed by atoms with Crippen LogP contribution in [0.1, 0.15) is 31.2 Å². The molecule has 1 aliphatic carbocycles. The van der Waals surface area contributed by atoms with Gasteiger partial charge in [-0.05, 0) is 42.9 Å². The van der Waals surface area contributed by atoms with E-state index in [4.69, 9.17) is 4.74 Å². The predicted molar refractivity (Wildman–Crippen MR) is 76.5 cm³/mol. The Bertz CT molecular complexity index is 561. The first-order chi connectivity index (χ1) is 9.28. The van der Waals surface area contributed by atoms with Crippen LogP contribution in [0.3, 0.4) is 0 Å². The lowest BCUT2D eigenvalue weighted by Gasteiger charge is -2.27. The number of hydrogen-bond donors (Lipinski definition) is 2. The number of fused-ring (bicyclic) bond motifs is 1. The minimum absolute atomic E-state index is 0.128. The normalized spacial score (nSPS) is 23.7. The molecule has 0 spiro atoms. The summed E-state index contributed by atoms with van der Waals surface area (Å²) in [4.78, 5) is 3.31. The average molecular weight is 259 g/mol. The zero-order chi connectivity index (χ0) is 13.2. The van der Waals surface area contributed by atoms with Crippen molar-refractivity contribution in [2.45, 2.75) is 38.2 Å². The minimum atomic E-state index is -0.128. The first kappa shape index (κ1) is 12.5. The SMILES string of the molecule is COc1ccc2c(CC3CCCCC3O)c[nH]c2c1. The number of benzene rings is 1. The van der Waals surface area contributed by atoms with Gasteiger partial charge in [-0.3, -0.25) is 0 Å². The molecule has 102 valence electrons. The topological polar surface area (TPSA) is 45.2 Å². The molecule has 2 aromatic rings. The number of aromatic amines is 1. The van der Waals surface area contributed by atoms with Gasteiger partial charge in [-0.1, -0.05) is 12.8 Å². The van der Waals surface area contributed by atoms with Crippen molar-refractivity contribution in [1.29, 1.82) is 0 Å². The zero-order valence-corrected chi connectivity index (χ0v) is 11.4. The fraction of sp³-hybridized carbons (Fsp3) is 0.500. The number of methoxy groups -OCH3 is 1. The summed E-state index contributed by atoms with van der Waals surface area (Å²) in [5.41, 5.74) is 2.42. The maximum absolute atomic E-state index is 10.1. The van der Waals surface area contributed by atoms with Crippen molar-refractivity contribution in [3.05, 3.63) is 30.0 Å². The van der Waals surface area contributed by atoms with Gasteiger partial charge in [-0.25, -0.2) is 0 Å². The fourth-order valence-corrected chi connectivity index (χ4v) is 3.17. The highest BCUT2D eigenvalue weighted by molar-refractivity contribution is 5.84. The van der Waals surface area contributed by atoms with E-state index in [-0.39, 0.29) is 6.10 Å². The van der Waals surface area contributed by atoms with Crippen LogP contribution in [0.4, 0.5) is 0 Å². The van der Waals surface area contributed by atoms with Gasteiger partial charge < -0.3 is 14.8 Å². The van der Waals surface area contributed by atoms with E-state index in [9.17, 15) is 5.11 Å². The van der Waals surface area contributed by atoms with Crippen LogP contribution in [0.25, 0.3) is 10.9 Å². The second kappa shape index (κ2) is 5.25. The zero-order valence-electron chi connectivity index (χ0n) is 11.4. The van der Waals surface area contributed by atoms with Crippen molar-refractivity contribution in [3.8, 4) is 5.75 Å². The van der Waals surface area contributed by atoms with Gasteiger partial charge in [0.05, 0.1) is 13.2 Å². The smallest absolute Gasteiger partial charge is 0.120 e. The first-order valence-corrected chi connectivity index (χ1v) is 7.10. The van der Waals surface area contributed by atoms with Gasteiger partial charge in [0, 0.05) is 23.2 Å². The van der Waals surface area contributed by atoms with E-state index < -0.39 is 0 Å². The number of hydrogen-bond acceptors (Lipinski definition) is 2. The number of H-pyrrole nitrogens is 1. The number of ether oxygens (including phenoxy) is 1. The second-order valence-electron chi connectivity index (χ2n) is 5.54. The molecule has 1 heterocycles. The van der Waals surface area contributed by atoms with Gasteiger partial charge >= 0.3 is 0 Å². The maximum Gasteiger partial charge on any atom is 0.120 e. The number of aliphatic hydroxyl groups excluding tert-OH is 1. The third-order valence-corrected chi connectivity index (χ3v) is 4.33. The maximum atomic E-state index is 10.1. The van der Waals surface area contributed by atoms with Gasteiger partial charge in [0.15, 0.2) is 0 Å². The summed E-state index contributed by atoms with van der Waals surface area (Å²) in [7, 11) is 1.68. The van der Waals surface area contributed by atoms with Gasteiger partial charge in [0.1, 0.15) is 5.75 Å². The Labute approximate surface area is 113 Å². The van der Waals surface area contributed by atoms with Crippen molar-refractivity contribution in [2.75, 3.05) is 7.11 Å². The van der Waals surface area contributed by atoms with Crippen molar-refractivity contribution in [1.82, 2.24) is 4.98 Å².